The highest BCUT2D eigenvalue weighted by atomic mass is 16.1. The summed E-state index contributed by atoms with van der Waals surface area (Å²) in [5, 5.41) is 8.67. The number of rotatable bonds is 1. The standard InChI is InChI=1S/C12H12N2O/c13-9-10-1-3-11(4-2-10)14-7-5-12(15)6-8-14/h1-4H,5-8H2. The van der Waals surface area contributed by atoms with Gasteiger partial charge in [0.15, 0.2) is 0 Å². The lowest BCUT2D eigenvalue weighted by molar-refractivity contribution is -0.119. The second-order valence-corrected chi connectivity index (χ2v) is 3.68. The summed E-state index contributed by atoms with van der Waals surface area (Å²) < 4.78 is 0. The number of carbonyl (C=O) groups excluding carboxylic acids is 1. The van der Waals surface area contributed by atoms with E-state index in [-0.39, 0.29) is 0 Å². The molecule has 3 nitrogen and oxygen atoms in total. The van der Waals surface area contributed by atoms with Crippen LogP contribution in [0.5, 0.6) is 0 Å². The first kappa shape index (κ1) is 9.72. The number of nitrogens with zero attached hydrogens (tertiary/aromatic N) is 2. The number of hydrogen-bond donors (Lipinski definition) is 0. The SMILES string of the molecule is N#Cc1ccc(N2CCC(=O)CC2)cc1. The third kappa shape index (κ3) is 2.16. The van der Waals surface area contributed by atoms with Crippen LogP contribution < -0.4 is 4.90 Å². The number of piperidine rings is 1. The summed E-state index contributed by atoms with van der Waals surface area (Å²) in [6.07, 6.45) is 1.28. The first-order valence-corrected chi connectivity index (χ1v) is 5.06. The summed E-state index contributed by atoms with van der Waals surface area (Å²) in [5.41, 5.74) is 1.77. The van der Waals surface area contributed by atoms with E-state index < -0.39 is 0 Å². The van der Waals surface area contributed by atoms with E-state index in [1.54, 1.807) is 0 Å². The van der Waals surface area contributed by atoms with Gasteiger partial charge < -0.3 is 4.90 Å². The third-order valence-corrected chi connectivity index (χ3v) is 2.68. The average molecular weight is 200 g/mol. The highest BCUT2D eigenvalue weighted by molar-refractivity contribution is 5.81. The summed E-state index contributed by atoms with van der Waals surface area (Å²) >= 11 is 0. The van der Waals surface area contributed by atoms with Gasteiger partial charge in [-0.2, -0.15) is 5.26 Å². The Bertz CT molecular complexity index is 393. The van der Waals surface area contributed by atoms with E-state index >= 15 is 0 Å². The van der Waals surface area contributed by atoms with E-state index in [0.717, 1.165) is 18.8 Å². The lowest BCUT2D eigenvalue weighted by atomic mass is 10.1. The maximum absolute atomic E-state index is 11.1. The van der Waals surface area contributed by atoms with Crippen molar-refractivity contribution in [1.29, 1.82) is 5.26 Å². The number of anilines is 1. The highest BCUT2D eigenvalue weighted by Crippen LogP contribution is 2.18. The second-order valence-electron chi connectivity index (χ2n) is 3.68. The molecule has 0 unspecified atom stereocenters. The van der Waals surface area contributed by atoms with Crippen LogP contribution in [0.3, 0.4) is 0 Å². The molecule has 0 spiro atoms. The topological polar surface area (TPSA) is 44.1 Å². The lowest BCUT2D eigenvalue weighted by Crippen LogP contribution is -2.33. The second kappa shape index (κ2) is 4.14. The molecular weight excluding hydrogens is 188 g/mol. The van der Waals surface area contributed by atoms with Crippen LogP contribution in [0.1, 0.15) is 18.4 Å². The fourth-order valence-corrected chi connectivity index (χ4v) is 1.76. The molecule has 15 heavy (non-hydrogen) atoms. The molecule has 0 radical (unpaired) electrons. The van der Waals surface area contributed by atoms with Gasteiger partial charge in [-0.3, -0.25) is 4.79 Å². The number of Topliss-reactive ketones (excluding diaryl/α,β-unsaturated/α-hetero) is 1. The Labute approximate surface area is 88.9 Å². The predicted octanol–water partition coefficient (Wildman–Crippen LogP) is 1.73. The van der Waals surface area contributed by atoms with Gasteiger partial charge in [0.2, 0.25) is 0 Å². The van der Waals surface area contributed by atoms with E-state index in [9.17, 15) is 4.79 Å². The van der Waals surface area contributed by atoms with E-state index in [2.05, 4.69) is 11.0 Å². The van der Waals surface area contributed by atoms with Crippen LogP contribution >= 0.6 is 0 Å². The molecule has 0 N–H and O–H groups in total. The van der Waals surface area contributed by atoms with Crippen LogP contribution in [0.4, 0.5) is 5.69 Å². The molecule has 1 aliphatic rings. The molecule has 0 bridgehead atoms. The first-order valence-electron chi connectivity index (χ1n) is 5.06. The van der Waals surface area contributed by atoms with E-state index in [1.807, 2.05) is 24.3 Å². The Hall–Kier alpha value is -1.82. The van der Waals surface area contributed by atoms with Crippen molar-refractivity contribution in [2.45, 2.75) is 12.8 Å². The van der Waals surface area contributed by atoms with Gasteiger partial charge in [0.1, 0.15) is 5.78 Å². The van der Waals surface area contributed by atoms with Crippen molar-refractivity contribution in [1.82, 2.24) is 0 Å². The van der Waals surface area contributed by atoms with Crippen molar-refractivity contribution in [3.63, 3.8) is 0 Å². The molecule has 1 aromatic rings. The van der Waals surface area contributed by atoms with Gasteiger partial charge in [-0.05, 0) is 24.3 Å². The van der Waals surface area contributed by atoms with Gasteiger partial charge in [-0.15, -0.1) is 0 Å². The Morgan fingerprint density at radius 3 is 2.27 bits per heavy atom. The van der Waals surface area contributed by atoms with Crippen LogP contribution in [0.2, 0.25) is 0 Å². The minimum absolute atomic E-state index is 0.347. The van der Waals surface area contributed by atoms with Crippen LogP contribution in [0, 0.1) is 11.3 Å². The van der Waals surface area contributed by atoms with Crippen molar-refractivity contribution >= 4 is 11.5 Å². The van der Waals surface area contributed by atoms with E-state index in [0.29, 0.717) is 24.2 Å². The van der Waals surface area contributed by atoms with Crippen molar-refractivity contribution in [3.8, 4) is 6.07 Å². The average Bonchev–Trinajstić information content (AvgIpc) is 2.30. The third-order valence-electron chi connectivity index (χ3n) is 2.68. The minimum Gasteiger partial charge on any atom is -0.371 e. The first-order chi connectivity index (χ1) is 7.29. The van der Waals surface area contributed by atoms with Crippen molar-refractivity contribution in [3.05, 3.63) is 29.8 Å². The Morgan fingerprint density at radius 1 is 1.13 bits per heavy atom. The molecular formula is C12H12N2O. The molecule has 1 aliphatic heterocycles. The van der Waals surface area contributed by atoms with Crippen LogP contribution in [0.15, 0.2) is 24.3 Å². The Balaban J connectivity index is 2.10. The fourth-order valence-electron chi connectivity index (χ4n) is 1.76. The monoisotopic (exact) mass is 200 g/mol. The number of carbonyl (C=O) groups is 1. The van der Waals surface area contributed by atoms with Crippen molar-refractivity contribution in [2.24, 2.45) is 0 Å². The van der Waals surface area contributed by atoms with Gasteiger partial charge in [0.05, 0.1) is 11.6 Å². The number of hydrogen-bond acceptors (Lipinski definition) is 3. The molecule has 76 valence electrons. The Kier molecular flexibility index (Phi) is 2.68. The molecule has 1 aromatic carbocycles. The summed E-state index contributed by atoms with van der Waals surface area (Å²) in [7, 11) is 0. The normalized spacial score (nSPS) is 16.2. The summed E-state index contributed by atoms with van der Waals surface area (Å²) in [5.74, 6) is 0.347. The fraction of sp³-hybridized carbons (Fsp3) is 0.333. The number of nitriles is 1. The quantitative estimate of drug-likeness (QED) is 0.693. The molecule has 3 heteroatoms. The zero-order valence-corrected chi connectivity index (χ0v) is 8.44. The highest BCUT2D eigenvalue weighted by Gasteiger charge is 2.15. The summed E-state index contributed by atoms with van der Waals surface area (Å²) in [6, 6.07) is 9.59. The molecule has 0 atom stereocenters. The summed E-state index contributed by atoms with van der Waals surface area (Å²) in [4.78, 5) is 13.3. The van der Waals surface area contributed by atoms with E-state index in [1.165, 1.54) is 0 Å². The maximum atomic E-state index is 11.1. The maximum Gasteiger partial charge on any atom is 0.136 e. The lowest BCUT2D eigenvalue weighted by Gasteiger charge is -2.28. The number of benzene rings is 1. The van der Waals surface area contributed by atoms with Crippen molar-refractivity contribution < 1.29 is 4.79 Å². The predicted molar refractivity (Wildman–Crippen MR) is 57.6 cm³/mol. The molecule has 0 amide bonds. The molecule has 0 saturated carbocycles. The van der Waals surface area contributed by atoms with Crippen LogP contribution in [-0.2, 0) is 4.79 Å². The zero-order valence-electron chi connectivity index (χ0n) is 8.44. The number of ketones is 1. The largest absolute Gasteiger partial charge is 0.371 e. The molecule has 2 rings (SSSR count). The van der Waals surface area contributed by atoms with Gasteiger partial charge in [-0.1, -0.05) is 0 Å². The smallest absolute Gasteiger partial charge is 0.136 e. The molecule has 0 aromatic heterocycles. The van der Waals surface area contributed by atoms with Gasteiger partial charge in [-0.25, -0.2) is 0 Å². The van der Waals surface area contributed by atoms with Gasteiger partial charge >= 0.3 is 0 Å². The van der Waals surface area contributed by atoms with Gasteiger partial charge in [0, 0.05) is 31.6 Å². The van der Waals surface area contributed by atoms with Gasteiger partial charge in [0.25, 0.3) is 0 Å². The zero-order chi connectivity index (χ0) is 10.7. The van der Waals surface area contributed by atoms with Crippen molar-refractivity contribution in [2.75, 3.05) is 18.0 Å². The minimum atomic E-state index is 0.347. The molecule has 0 aliphatic carbocycles. The molecule has 1 heterocycles. The Morgan fingerprint density at radius 2 is 1.73 bits per heavy atom. The summed E-state index contributed by atoms with van der Waals surface area (Å²) in [6.45, 7) is 1.59. The van der Waals surface area contributed by atoms with Crippen LogP contribution in [-0.4, -0.2) is 18.9 Å². The van der Waals surface area contributed by atoms with Crippen LogP contribution in [0.25, 0.3) is 0 Å². The van der Waals surface area contributed by atoms with E-state index in [4.69, 9.17) is 5.26 Å². The molecule has 1 fully saturated rings. The molecule has 1 saturated heterocycles.